The predicted molar refractivity (Wildman–Crippen MR) is 104 cm³/mol. The number of halogens is 2. The third-order valence-electron chi connectivity index (χ3n) is 4.89. The summed E-state index contributed by atoms with van der Waals surface area (Å²) in [5, 5.41) is 6.17. The third kappa shape index (κ3) is 4.46. The van der Waals surface area contributed by atoms with Crippen LogP contribution in [0.25, 0.3) is 11.2 Å². The first-order chi connectivity index (χ1) is 11.8. The molecule has 2 fully saturated rings. The molecule has 2 aromatic heterocycles. The Kier molecular flexibility index (Phi) is 7.64. The molecule has 1 unspecified atom stereocenters. The minimum Gasteiger partial charge on any atom is -0.374 e. The Morgan fingerprint density at radius 1 is 1.31 bits per heavy atom. The van der Waals surface area contributed by atoms with Crippen molar-refractivity contribution >= 4 is 41.9 Å². The van der Waals surface area contributed by atoms with Gasteiger partial charge in [-0.2, -0.15) is 0 Å². The van der Waals surface area contributed by atoms with Crippen molar-refractivity contribution in [1.29, 1.82) is 0 Å². The van der Waals surface area contributed by atoms with E-state index in [9.17, 15) is 4.79 Å². The molecular formula is C17H25Cl2N5O2. The monoisotopic (exact) mass is 401 g/mol. The molecule has 144 valence electrons. The van der Waals surface area contributed by atoms with Crippen LogP contribution in [0.15, 0.2) is 18.6 Å². The molecular weight excluding hydrogens is 377 g/mol. The molecule has 2 aromatic rings. The SMILES string of the molecule is Cl.Cl.O=C(NCC1CNCCO1)c1cnc2c(c1)ncn2C1CCCC1. The van der Waals surface area contributed by atoms with Crippen LogP contribution in [0, 0.1) is 0 Å². The molecule has 0 spiro atoms. The highest BCUT2D eigenvalue weighted by molar-refractivity contribution is 5.96. The van der Waals surface area contributed by atoms with Gasteiger partial charge in [-0.1, -0.05) is 12.8 Å². The molecule has 0 aromatic carbocycles. The second-order valence-corrected chi connectivity index (χ2v) is 6.56. The molecule has 3 heterocycles. The normalized spacial score (nSPS) is 20.4. The fraction of sp³-hybridized carbons (Fsp3) is 0.588. The number of pyridine rings is 1. The Hall–Kier alpha value is -1.41. The summed E-state index contributed by atoms with van der Waals surface area (Å²) in [4.78, 5) is 21.3. The van der Waals surface area contributed by atoms with Crippen LogP contribution in [0.3, 0.4) is 0 Å². The van der Waals surface area contributed by atoms with E-state index in [1.165, 1.54) is 25.7 Å². The Morgan fingerprint density at radius 2 is 2.12 bits per heavy atom. The fourth-order valence-electron chi connectivity index (χ4n) is 3.55. The fourth-order valence-corrected chi connectivity index (χ4v) is 3.55. The minimum absolute atomic E-state index is 0. The molecule has 4 rings (SSSR count). The van der Waals surface area contributed by atoms with Gasteiger partial charge >= 0.3 is 0 Å². The number of imidazole rings is 1. The van der Waals surface area contributed by atoms with Crippen LogP contribution in [0.2, 0.25) is 0 Å². The van der Waals surface area contributed by atoms with Gasteiger partial charge in [0.05, 0.1) is 24.6 Å². The van der Waals surface area contributed by atoms with Crippen LogP contribution in [0.4, 0.5) is 0 Å². The number of aromatic nitrogens is 3. The summed E-state index contributed by atoms with van der Waals surface area (Å²) in [6.45, 7) is 2.82. The highest BCUT2D eigenvalue weighted by Crippen LogP contribution is 2.31. The summed E-state index contributed by atoms with van der Waals surface area (Å²) < 4.78 is 7.74. The van der Waals surface area contributed by atoms with E-state index in [1.54, 1.807) is 6.20 Å². The summed E-state index contributed by atoms with van der Waals surface area (Å²) >= 11 is 0. The maximum atomic E-state index is 12.3. The molecule has 1 saturated heterocycles. The van der Waals surface area contributed by atoms with E-state index in [1.807, 2.05) is 12.4 Å². The summed E-state index contributed by atoms with van der Waals surface area (Å²) in [7, 11) is 0. The van der Waals surface area contributed by atoms with Crippen molar-refractivity contribution in [3.05, 3.63) is 24.2 Å². The standard InChI is InChI=1S/C17H23N5O2.2ClH/c23-17(20-10-14-9-18-5-6-24-14)12-7-15-16(19-8-12)22(11-21-15)13-3-1-2-4-13;;/h7-8,11,13-14,18H,1-6,9-10H2,(H,20,23);2*1H. The molecule has 26 heavy (non-hydrogen) atoms. The van der Waals surface area contributed by atoms with Crippen molar-refractivity contribution < 1.29 is 9.53 Å². The molecule has 1 aliphatic heterocycles. The topological polar surface area (TPSA) is 81.1 Å². The maximum absolute atomic E-state index is 12.3. The van der Waals surface area contributed by atoms with Gasteiger partial charge in [0, 0.05) is 31.9 Å². The van der Waals surface area contributed by atoms with Crippen molar-refractivity contribution in [3.63, 3.8) is 0 Å². The molecule has 2 aliphatic rings. The number of carbonyl (C=O) groups is 1. The van der Waals surface area contributed by atoms with Gasteiger partial charge in [-0.3, -0.25) is 4.79 Å². The number of hydrogen-bond donors (Lipinski definition) is 2. The number of carbonyl (C=O) groups excluding carboxylic acids is 1. The van der Waals surface area contributed by atoms with E-state index in [4.69, 9.17) is 4.74 Å². The van der Waals surface area contributed by atoms with Crippen LogP contribution in [0.1, 0.15) is 42.1 Å². The molecule has 2 N–H and O–H groups in total. The number of morpholine rings is 1. The summed E-state index contributed by atoms with van der Waals surface area (Å²) in [6.07, 6.45) is 8.43. The zero-order valence-corrected chi connectivity index (χ0v) is 16.2. The van der Waals surface area contributed by atoms with Crippen LogP contribution in [0.5, 0.6) is 0 Å². The van der Waals surface area contributed by atoms with E-state index in [2.05, 4.69) is 25.2 Å². The van der Waals surface area contributed by atoms with E-state index in [0.29, 0.717) is 24.8 Å². The van der Waals surface area contributed by atoms with E-state index in [0.717, 1.165) is 24.3 Å². The lowest BCUT2D eigenvalue weighted by Gasteiger charge is -2.23. The molecule has 0 radical (unpaired) electrons. The van der Waals surface area contributed by atoms with Crippen LogP contribution < -0.4 is 10.6 Å². The van der Waals surface area contributed by atoms with E-state index in [-0.39, 0.29) is 36.8 Å². The van der Waals surface area contributed by atoms with Crippen LogP contribution in [-0.4, -0.2) is 52.8 Å². The minimum atomic E-state index is -0.131. The van der Waals surface area contributed by atoms with Gasteiger partial charge in [0.1, 0.15) is 5.52 Å². The van der Waals surface area contributed by atoms with Crippen molar-refractivity contribution in [2.24, 2.45) is 0 Å². The van der Waals surface area contributed by atoms with Crippen molar-refractivity contribution in [2.45, 2.75) is 37.8 Å². The maximum Gasteiger partial charge on any atom is 0.253 e. The number of fused-ring (bicyclic) bond motifs is 1. The summed E-state index contributed by atoms with van der Waals surface area (Å²) in [5.74, 6) is -0.131. The number of nitrogens with zero attached hydrogens (tertiary/aromatic N) is 3. The number of hydrogen-bond acceptors (Lipinski definition) is 5. The Labute approximate surface area is 165 Å². The van der Waals surface area contributed by atoms with Gasteiger partial charge in [0.2, 0.25) is 0 Å². The first kappa shape index (κ1) is 20.9. The predicted octanol–water partition coefficient (Wildman–Crippen LogP) is 2.11. The van der Waals surface area contributed by atoms with Gasteiger partial charge in [0.25, 0.3) is 5.91 Å². The number of ether oxygens (including phenoxy) is 1. The quantitative estimate of drug-likeness (QED) is 0.819. The van der Waals surface area contributed by atoms with Gasteiger partial charge in [-0.15, -0.1) is 24.8 Å². The first-order valence-electron chi connectivity index (χ1n) is 8.74. The van der Waals surface area contributed by atoms with Crippen molar-refractivity contribution in [3.8, 4) is 0 Å². The van der Waals surface area contributed by atoms with Crippen LogP contribution >= 0.6 is 24.8 Å². The second kappa shape index (κ2) is 9.50. The average Bonchev–Trinajstić information content (AvgIpc) is 3.29. The van der Waals surface area contributed by atoms with Gasteiger partial charge < -0.3 is 19.9 Å². The lowest BCUT2D eigenvalue weighted by Crippen LogP contribution is -2.45. The zero-order valence-electron chi connectivity index (χ0n) is 14.5. The summed E-state index contributed by atoms with van der Waals surface area (Å²) in [5.41, 5.74) is 2.20. The lowest BCUT2D eigenvalue weighted by molar-refractivity contribution is 0.0287. The molecule has 1 atom stereocenters. The lowest BCUT2D eigenvalue weighted by atomic mass is 10.2. The zero-order chi connectivity index (χ0) is 16.4. The van der Waals surface area contributed by atoms with E-state index >= 15 is 0 Å². The van der Waals surface area contributed by atoms with Gasteiger partial charge in [0.15, 0.2) is 5.65 Å². The van der Waals surface area contributed by atoms with Gasteiger partial charge in [-0.25, -0.2) is 9.97 Å². The molecule has 9 heteroatoms. The number of amides is 1. The first-order valence-corrected chi connectivity index (χ1v) is 8.74. The van der Waals surface area contributed by atoms with Crippen molar-refractivity contribution in [1.82, 2.24) is 25.2 Å². The van der Waals surface area contributed by atoms with E-state index < -0.39 is 0 Å². The summed E-state index contributed by atoms with van der Waals surface area (Å²) in [6, 6.07) is 2.32. The molecule has 0 bridgehead atoms. The Bertz CT molecular complexity index is 727. The molecule has 1 saturated carbocycles. The van der Waals surface area contributed by atoms with Crippen molar-refractivity contribution in [2.75, 3.05) is 26.2 Å². The second-order valence-electron chi connectivity index (χ2n) is 6.56. The smallest absolute Gasteiger partial charge is 0.253 e. The largest absolute Gasteiger partial charge is 0.374 e. The van der Waals surface area contributed by atoms with Crippen LogP contribution in [-0.2, 0) is 4.74 Å². The average molecular weight is 402 g/mol. The highest BCUT2D eigenvalue weighted by Gasteiger charge is 2.20. The molecule has 1 amide bonds. The molecule has 7 nitrogen and oxygen atoms in total. The Balaban J connectivity index is 0.00000121. The number of nitrogens with one attached hydrogen (secondary N) is 2. The van der Waals surface area contributed by atoms with Gasteiger partial charge in [-0.05, 0) is 18.9 Å². The highest BCUT2D eigenvalue weighted by atomic mass is 35.5. The Morgan fingerprint density at radius 3 is 2.85 bits per heavy atom. The number of rotatable bonds is 4. The third-order valence-corrected chi connectivity index (χ3v) is 4.89. The molecule has 1 aliphatic carbocycles.